The lowest BCUT2D eigenvalue weighted by atomic mass is 9.95. The molecule has 1 aliphatic heterocycles. The highest BCUT2D eigenvalue weighted by atomic mass is 16.5. The summed E-state index contributed by atoms with van der Waals surface area (Å²) in [6.45, 7) is 5.37. The van der Waals surface area contributed by atoms with Crippen LogP contribution in [0.5, 0.6) is 17.2 Å². The number of benzene rings is 2. The molecule has 2 aromatic rings. The fourth-order valence-corrected chi connectivity index (χ4v) is 5.90. The molecule has 0 radical (unpaired) electrons. The summed E-state index contributed by atoms with van der Waals surface area (Å²) < 4.78 is 16.6. The molecule has 0 bridgehead atoms. The van der Waals surface area contributed by atoms with Crippen molar-refractivity contribution in [3.8, 4) is 17.2 Å². The number of hydrogen-bond donors (Lipinski definition) is 0. The van der Waals surface area contributed by atoms with Gasteiger partial charge in [-0.2, -0.15) is 0 Å². The number of carbonyl (C=O) groups excluding carboxylic acids is 1. The van der Waals surface area contributed by atoms with Crippen molar-refractivity contribution >= 4 is 12.0 Å². The van der Waals surface area contributed by atoms with Crippen LogP contribution in [0.25, 0.3) is 6.08 Å². The van der Waals surface area contributed by atoms with Crippen molar-refractivity contribution < 1.29 is 19.0 Å². The second kappa shape index (κ2) is 16.0. The maximum atomic E-state index is 14.0. The molecule has 1 amide bonds. The van der Waals surface area contributed by atoms with Gasteiger partial charge in [0.15, 0.2) is 11.5 Å². The van der Waals surface area contributed by atoms with Crippen LogP contribution in [0.15, 0.2) is 84.0 Å². The zero-order chi connectivity index (χ0) is 29.7. The van der Waals surface area contributed by atoms with Crippen LogP contribution in [0.2, 0.25) is 0 Å². The predicted octanol–water partition coefficient (Wildman–Crippen LogP) is 7.34. The summed E-state index contributed by atoms with van der Waals surface area (Å²) in [4.78, 5) is 18.6. The van der Waals surface area contributed by atoms with Crippen molar-refractivity contribution in [2.75, 3.05) is 47.5 Å². The highest BCUT2D eigenvalue weighted by Crippen LogP contribution is 2.38. The van der Waals surface area contributed by atoms with Crippen LogP contribution in [0.3, 0.4) is 0 Å². The van der Waals surface area contributed by atoms with Crippen molar-refractivity contribution in [2.45, 2.75) is 51.5 Å². The topological polar surface area (TPSA) is 51.2 Å². The third kappa shape index (κ3) is 8.62. The molecule has 42 heavy (non-hydrogen) atoms. The van der Waals surface area contributed by atoms with Gasteiger partial charge in [-0.05, 0) is 68.8 Å². The number of carbonyl (C=O) groups is 1. The molecule has 6 nitrogen and oxygen atoms in total. The normalized spacial score (nSPS) is 17.4. The molecule has 6 heteroatoms. The number of nitrogens with zero attached hydrogens (tertiary/aromatic N) is 2. The number of rotatable bonds is 13. The Morgan fingerprint density at radius 1 is 1.02 bits per heavy atom. The molecule has 2 aromatic carbocycles. The van der Waals surface area contributed by atoms with Crippen molar-refractivity contribution in [3.63, 3.8) is 0 Å². The SMILES string of the molecule is COc1cc(C(=O)N(CCCN2CCCCC2CC2=CC=CCC=C2)C/C(C)=C\c2ccccc2)cc(OC)c1OC. The van der Waals surface area contributed by atoms with Gasteiger partial charge in [0.2, 0.25) is 5.75 Å². The first-order chi connectivity index (χ1) is 20.5. The van der Waals surface area contributed by atoms with Crippen molar-refractivity contribution in [1.82, 2.24) is 9.80 Å². The smallest absolute Gasteiger partial charge is 0.254 e. The molecule has 0 saturated carbocycles. The minimum atomic E-state index is -0.0502. The lowest BCUT2D eigenvalue weighted by molar-refractivity contribution is 0.0752. The Morgan fingerprint density at radius 2 is 1.79 bits per heavy atom. The summed E-state index contributed by atoms with van der Waals surface area (Å²) >= 11 is 0. The first kappa shape index (κ1) is 31.2. The average Bonchev–Trinajstić information content (AvgIpc) is 3.29. The molecule has 1 atom stereocenters. The Hall–Kier alpha value is -3.77. The Kier molecular flexibility index (Phi) is 11.9. The van der Waals surface area contributed by atoms with E-state index in [4.69, 9.17) is 14.2 Å². The summed E-state index contributed by atoms with van der Waals surface area (Å²) in [5.74, 6) is 1.38. The van der Waals surface area contributed by atoms with Crippen molar-refractivity contribution in [2.24, 2.45) is 0 Å². The number of piperidine rings is 1. The van der Waals surface area contributed by atoms with Gasteiger partial charge in [0, 0.05) is 31.2 Å². The minimum absolute atomic E-state index is 0.0502. The van der Waals surface area contributed by atoms with Gasteiger partial charge in [0.1, 0.15) is 0 Å². The number of methoxy groups -OCH3 is 3. The van der Waals surface area contributed by atoms with E-state index in [0.29, 0.717) is 41.9 Å². The van der Waals surface area contributed by atoms with Crippen molar-refractivity contribution in [3.05, 3.63) is 95.1 Å². The van der Waals surface area contributed by atoms with Crippen LogP contribution in [0, 0.1) is 0 Å². The maximum Gasteiger partial charge on any atom is 0.254 e. The Labute approximate surface area is 251 Å². The Morgan fingerprint density at radius 3 is 2.50 bits per heavy atom. The number of ether oxygens (including phenoxy) is 3. The van der Waals surface area contributed by atoms with E-state index in [-0.39, 0.29) is 5.91 Å². The van der Waals surface area contributed by atoms with Crippen molar-refractivity contribution in [1.29, 1.82) is 0 Å². The molecule has 0 N–H and O–H groups in total. The Balaban J connectivity index is 1.51. The van der Waals surface area contributed by atoms with Crippen LogP contribution >= 0.6 is 0 Å². The van der Waals surface area contributed by atoms with Crippen LogP contribution < -0.4 is 14.2 Å². The van der Waals surface area contributed by atoms with Crippen LogP contribution in [0.1, 0.15) is 61.4 Å². The fraction of sp³-hybridized carbons (Fsp3) is 0.417. The van der Waals surface area contributed by atoms with E-state index in [0.717, 1.165) is 43.5 Å². The molecule has 1 unspecified atom stereocenters. The second-order valence-corrected chi connectivity index (χ2v) is 11.1. The Bertz CT molecular complexity index is 1270. The van der Waals surface area contributed by atoms with Crippen LogP contribution in [0.4, 0.5) is 0 Å². The second-order valence-electron chi connectivity index (χ2n) is 11.1. The van der Waals surface area contributed by atoms with Gasteiger partial charge < -0.3 is 19.1 Å². The van der Waals surface area contributed by atoms with E-state index >= 15 is 0 Å². The first-order valence-electron chi connectivity index (χ1n) is 15.1. The van der Waals surface area contributed by atoms with E-state index in [1.54, 1.807) is 33.5 Å². The fourth-order valence-electron chi connectivity index (χ4n) is 5.90. The van der Waals surface area contributed by atoms with Gasteiger partial charge in [-0.1, -0.05) is 78.8 Å². The van der Waals surface area contributed by atoms with Gasteiger partial charge in [0.05, 0.1) is 21.3 Å². The number of amides is 1. The summed E-state index contributed by atoms with van der Waals surface area (Å²) in [6, 6.07) is 14.3. The monoisotopic (exact) mass is 570 g/mol. The minimum Gasteiger partial charge on any atom is -0.493 e. The summed E-state index contributed by atoms with van der Waals surface area (Å²) in [5.41, 5.74) is 4.18. The first-order valence-corrected chi connectivity index (χ1v) is 15.1. The number of hydrogen-bond acceptors (Lipinski definition) is 5. The lowest BCUT2D eigenvalue weighted by Crippen LogP contribution is -2.42. The van der Waals surface area contributed by atoms with Gasteiger partial charge >= 0.3 is 0 Å². The van der Waals surface area contributed by atoms with Crippen LogP contribution in [-0.2, 0) is 0 Å². The molecular formula is C36H46N2O4. The summed E-state index contributed by atoms with van der Waals surface area (Å²) in [5, 5.41) is 0. The quantitative estimate of drug-likeness (QED) is 0.252. The van der Waals surface area contributed by atoms with E-state index in [2.05, 4.69) is 60.4 Å². The molecule has 1 aliphatic carbocycles. The number of likely N-dealkylation sites (tertiary alicyclic amines) is 1. The highest BCUT2D eigenvalue weighted by molar-refractivity contribution is 5.96. The molecule has 1 fully saturated rings. The van der Waals surface area contributed by atoms with Gasteiger partial charge in [-0.15, -0.1) is 0 Å². The summed E-state index contributed by atoms with van der Waals surface area (Å²) in [6.07, 6.45) is 20.1. The van der Waals surface area contributed by atoms with Crippen LogP contribution in [-0.4, -0.2) is 69.3 Å². The van der Waals surface area contributed by atoms with Gasteiger partial charge in [-0.3, -0.25) is 9.69 Å². The standard InChI is InChI=1S/C36H46N2O4/c1-28(23-29-15-10-7-11-16-29)27-38(36(39)31-25-33(40-2)35(42-4)34(26-31)41-3)22-14-21-37-20-13-12-19-32(37)24-30-17-8-5-6-9-18-30/h5,7-11,15-18,23,25-26,32H,6,12-14,19-22,24,27H2,1-4H3/b28-23-. The average molecular weight is 571 g/mol. The molecule has 4 rings (SSSR count). The molecule has 224 valence electrons. The predicted molar refractivity (Wildman–Crippen MR) is 172 cm³/mol. The largest absolute Gasteiger partial charge is 0.493 e. The lowest BCUT2D eigenvalue weighted by Gasteiger charge is -2.36. The molecule has 1 saturated heterocycles. The molecule has 0 aromatic heterocycles. The zero-order valence-corrected chi connectivity index (χ0v) is 25.7. The molecular weight excluding hydrogens is 524 g/mol. The highest BCUT2D eigenvalue weighted by Gasteiger charge is 2.25. The molecule has 2 aliphatic rings. The van der Waals surface area contributed by atoms with Gasteiger partial charge in [0.25, 0.3) is 5.91 Å². The number of allylic oxidation sites excluding steroid dienone is 5. The van der Waals surface area contributed by atoms with Gasteiger partial charge in [-0.25, -0.2) is 0 Å². The van der Waals surface area contributed by atoms with E-state index in [9.17, 15) is 4.79 Å². The molecule has 0 spiro atoms. The third-order valence-corrected chi connectivity index (χ3v) is 8.00. The third-order valence-electron chi connectivity index (χ3n) is 8.00. The summed E-state index contributed by atoms with van der Waals surface area (Å²) in [7, 11) is 4.71. The van der Waals surface area contributed by atoms with E-state index < -0.39 is 0 Å². The maximum absolute atomic E-state index is 14.0. The zero-order valence-electron chi connectivity index (χ0n) is 25.7. The molecule has 1 heterocycles. The van der Waals surface area contributed by atoms with E-state index in [1.807, 2.05) is 23.1 Å². The van der Waals surface area contributed by atoms with E-state index in [1.165, 1.54) is 24.8 Å².